The molecule has 0 aliphatic carbocycles. The van der Waals surface area contributed by atoms with Crippen molar-refractivity contribution in [2.24, 2.45) is 0 Å². The number of nitrogens with zero attached hydrogens (tertiary/aromatic N) is 2. The topological polar surface area (TPSA) is 110 Å². The van der Waals surface area contributed by atoms with Crippen molar-refractivity contribution >= 4 is 45.1 Å². The molecule has 3 heterocycles. The van der Waals surface area contributed by atoms with Crippen molar-refractivity contribution in [3.63, 3.8) is 0 Å². The zero-order valence-electron chi connectivity index (χ0n) is 18.1. The number of amides is 1. The first-order valence-electron chi connectivity index (χ1n) is 10.3. The number of para-hydroxylation sites is 1. The van der Waals surface area contributed by atoms with Crippen LogP contribution in [0.5, 0.6) is 0 Å². The predicted octanol–water partition coefficient (Wildman–Crippen LogP) is 4.77. The van der Waals surface area contributed by atoms with Gasteiger partial charge in [-0.15, -0.1) is 0 Å². The van der Waals surface area contributed by atoms with Crippen molar-refractivity contribution < 1.29 is 28.6 Å². The maximum absolute atomic E-state index is 13.6. The summed E-state index contributed by atoms with van der Waals surface area (Å²) in [5.41, 5.74) is 1.36. The molecule has 4 aromatic rings. The minimum atomic E-state index is -0.967. The summed E-state index contributed by atoms with van der Waals surface area (Å²) in [6, 6.07) is 16.6. The minimum Gasteiger partial charge on any atom is -0.503 e. The van der Waals surface area contributed by atoms with E-state index in [9.17, 15) is 19.5 Å². The van der Waals surface area contributed by atoms with Crippen LogP contribution in [0.4, 0.5) is 5.13 Å². The molecule has 2 aromatic carbocycles. The molecule has 1 aliphatic heterocycles. The Morgan fingerprint density at radius 3 is 2.53 bits per heavy atom. The van der Waals surface area contributed by atoms with Crippen LogP contribution in [0.3, 0.4) is 0 Å². The van der Waals surface area contributed by atoms with Crippen LogP contribution >= 0.6 is 11.3 Å². The number of ketones is 1. The van der Waals surface area contributed by atoms with E-state index in [1.807, 2.05) is 6.07 Å². The number of Topliss-reactive ketones (excluding diaryl/α,β-unsaturated/α-hetero) is 1. The maximum atomic E-state index is 13.6. The summed E-state index contributed by atoms with van der Waals surface area (Å²) in [6.07, 6.45) is 0. The molecular weight excluding hydrogens is 456 g/mol. The van der Waals surface area contributed by atoms with Gasteiger partial charge in [-0.25, -0.2) is 9.78 Å². The number of furan rings is 1. The van der Waals surface area contributed by atoms with Crippen molar-refractivity contribution in [1.29, 1.82) is 0 Å². The van der Waals surface area contributed by atoms with Gasteiger partial charge in [-0.05, 0) is 24.6 Å². The van der Waals surface area contributed by atoms with Gasteiger partial charge in [-0.2, -0.15) is 0 Å². The van der Waals surface area contributed by atoms with E-state index in [-0.39, 0.29) is 21.3 Å². The van der Waals surface area contributed by atoms with Crippen LogP contribution < -0.4 is 4.90 Å². The van der Waals surface area contributed by atoms with E-state index in [1.165, 1.54) is 12.0 Å². The number of aromatic nitrogens is 1. The van der Waals surface area contributed by atoms with Gasteiger partial charge < -0.3 is 14.3 Å². The first kappa shape index (κ1) is 21.6. The zero-order valence-corrected chi connectivity index (χ0v) is 19.0. The molecular formula is C25H18N2O6S. The van der Waals surface area contributed by atoms with Gasteiger partial charge in [0.2, 0.25) is 5.78 Å². The number of esters is 1. The Labute approximate surface area is 197 Å². The third kappa shape index (κ3) is 3.37. The molecule has 0 saturated heterocycles. The van der Waals surface area contributed by atoms with Crippen LogP contribution in [0.25, 0.3) is 11.0 Å². The second-order valence-corrected chi connectivity index (χ2v) is 8.61. The summed E-state index contributed by atoms with van der Waals surface area (Å²) in [5.74, 6) is -2.67. The van der Waals surface area contributed by atoms with Gasteiger partial charge in [0, 0.05) is 5.39 Å². The molecule has 34 heavy (non-hydrogen) atoms. The van der Waals surface area contributed by atoms with Crippen LogP contribution in [-0.2, 0) is 9.53 Å². The summed E-state index contributed by atoms with van der Waals surface area (Å²) in [4.78, 5) is 44.8. The number of carbonyl (C=O) groups is 3. The van der Waals surface area contributed by atoms with Gasteiger partial charge in [0.15, 0.2) is 16.7 Å². The molecule has 0 radical (unpaired) electrons. The summed E-state index contributed by atoms with van der Waals surface area (Å²) in [5, 5.41) is 11.8. The van der Waals surface area contributed by atoms with E-state index in [2.05, 4.69) is 4.98 Å². The fourth-order valence-electron chi connectivity index (χ4n) is 3.98. The highest BCUT2D eigenvalue weighted by molar-refractivity contribution is 7.17. The Morgan fingerprint density at radius 1 is 1.12 bits per heavy atom. The van der Waals surface area contributed by atoms with Crippen molar-refractivity contribution in [3.8, 4) is 0 Å². The van der Waals surface area contributed by atoms with E-state index < -0.39 is 29.5 Å². The number of benzene rings is 2. The SMILES string of the molecule is COC(=O)c1sc(N2C(=O)C(O)=C(C(=O)c3cc4ccccc4o3)C2c2ccccc2)nc1C. The second-order valence-electron chi connectivity index (χ2n) is 7.63. The van der Waals surface area contributed by atoms with Crippen LogP contribution in [0.1, 0.15) is 37.5 Å². The van der Waals surface area contributed by atoms with Gasteiger partial charge in [0.1, 0.15) is 10.5 Å². The minimum absolute atomic E-state index is 0.00361. The van der Waals surface area contributed by atoms with Crippen LogP contribution in [0.2, 0.25) is 0 Å². The van der Waals surface area contributed by atoms with E-state index >= 15 is 0 Å². The quantitative estimate of drug-likeness (QED) is 0.328. The molecule has 2 aromatic heterocycles. The van der Waals surface area contributed by atoms with E-state index in [1.54, 1.807) is 61.5 Å². The highest BCUT2D eigenvalue weighted by Crippen LogP contribution is 2.44. The Morgan fingerprint density at radius 2 is 1.82 bits per heavy atom. The van der Waals surface area contributed by atoms with Crippen LogP contribution in [0.15, 0.2) is 76.4 Å². The summed E-state index contributed by atoms with van der Waals surface area (Å²) >= 11 is 0.954. The van der Waals surface area contributed by atoms with Crippen molar-refractivity contribution in [2.45, 2.75) is 13.0 Å². The molecule has 0 bridgehead atoms. The Balaban J connectivity index is 1.64. The lowest BCUT2D eigenvalue weighted by molar-refractivity contribution is -0.117. The van der Waals surface area contributed by atoms with E-state index in [4.69, 9.17) is 9.15 Å². The first-order chi connectivity index (χ1) is 16.4. The van der Waals surface area contributed by atoms with Crippen LogP contribution in [0, 0.1) is 6.92 Å². The van der Waals surface area contributed by atoms with Gasteiger partial charge in [0.25, 0.3) is 5.91 Å². The number of hydrogen-bond donors (Lipinski definition) is 1. The van der Waals surface area contributed by atoms with Crippen molar-refractivity contribution in [2.75, 3.05) is 12.0 Å². The van der Waals surface area contributed by atoms with Gasteiger partial charge in [0.05, 0.1) is 24.4 Å². The maximum Gasteiger partial charge on any atom is 0.350 e. The molecule has 1 aliphatic rings. The van der Waals surface area contributed by atoms with Crippen LogP contribution in [-0.4, -0.2) is 34.9 Å². The summed E-state index contributed by atoms with van der Waals surface area (Å²) < 4.78 is 10.5. The normalized spacial score (nSPS) is 15.9. The average Bonchev–Trinajstić information content (AvgIpc) is 3.53. The highest BCUT2D eigenvalue weighted by atomic mass is 32.1. The zero-order chi connectivity index (χ0) is 24.0. The van der Waals surface area contributed by atoms with E-state index in [0.29, 0.717) is 16.8 Å². The third-order valence-electron chi connectivity index (χ3n) is 5.58. The van der Waals surface area contributed by atoms with Gasteiger partial charge in [-0.3, -0.25) is 14.5 Å². The summed E-state index contributed by atoms with van der Waals surface area (Å²) in [7, 11) is 1.26. The molecule has 1 N–H and O–H groups in total. The number of ether oxygens (including phenoxy) is 1. The molecule has 0 spiro atoms. The molecule has 0 saturated carbocycles. The number of anilines is 1. The van der Waals surface area contributed by atoms with Gasteiger partial charge in [-0.1, -0.05) is 59.9 Å². The number of hydrogen-bond acceptors (Lipinski definition) is 8. The number of fused-ring (bicyclic) bond motifs is 1. The molecule has 170 valence electrons. The number of aliphatic hydroxyl groups excluding tert-OH is 1. The van der Waals surface area contributed by atoms with Crippen molar-refractivity contribution in [1.82, 2.24) is 4.98 Å². The smallest absolute Gasteiger partial charge is 0.350 e. The molecule has 5 rings (SSSR count). The number of rotatable bonds is 5. The number of thiazole rings is 1. The molecule has 1 amide bonds. The number of aryl methyl sites for hydroxylation is 1. The number of carbonyl (C=O) groups excluding carboxylic acids is 3. The fraction of sp³-hybridized carbons (Fsp3) is 0.120. The third-order valence-corrected chi connectivity index (χ3v) is 6.72. The monoisotopic (exact) mass is 474 g/mol. The molecule has 0 fully saturated rings. The Bertz CT molecular complexity index is 1450. The molecule has 1 unspecified atom stereocenters. The lowest BCUT2D eigenvalue weighted by Gasteiger charge is -2.24. The highest BCUT2D eigenvalue weighted by Gasteiger charge is 2.46. The number of methoxy groups -OCH3 is 1. The lowest BCUT2D eigenvalue weighted by Crippen LogP contribution is -2.31. The first-order valence-corrected chi connectivity index (χ1v) is 11.1. The predicted molar refractivity (Wildman–Crippen MR) is 125 cm³/mol. The van der Waals surface area contributed by atoms with E-state index in [0.717, 1.165) is 16.7 Å². The average molecular weight is 474 g/mol. The van der Waals surface area contributed by atoms with Crippen molar-refractivity contribution in [3.05, 3.63) is 93.9 Å². The Kier molecular flexibility index (Phi) is 5.25. The largest absolute Gasteiger partial charge is 0.503 e. The molecule has 9 heteroatoms. The standard InChI is InChI=1S/C25H18N2O6S/c1-13-22(24(31)32-2)34-25(26-13)27-19(14-8-4-3-5-9-14)18(21(29)23(27)30)20(28)17-12-15-10-6-7-11-16(15)33-17/h3-12,19,29H,1-2H3. The second kappa shape index (κ2) is 8.27. The molecule has 8 nitrogen and oxygen atoms in total. The molecule has 1 atom stereocenters. The number of aliphatic hydroxyl groups is 1. The fourth-order valence-corrected chi connectivity index (χ4v) is 4.99. The Hall–Kier alpha value is -4.24. The van der Waals surface area contributed by atoms with Gasteiger partial charge >= 0.3 is 5.97 Å². The lowest BCUT2D eigenvalue weighted by atomic mass is 9.95. The summed E-state index contributed by atoms with van der Waals surface area (Å²) in [6.45, 7) is 1.62.